The van der Waals surface area contributed by atoms with Gasteiger partial charge in [0, 0.05) is 17.3 Å². The molecule has 0 aliphatic carbocycles. The predicted octanol–water partition coefficient (Wildman–Crippen LogP) is 2.83. The van der Waals surface area contributed by atoms with Gasteiger partial charge in [0.1, 0.15) is 5.82 Å². The van der Waals surface area contributed by atoms with Gasteiger partial charge in [0.05, 0.1) is 0 Å². The highest BCUT2D eigenvalue weighted by molar-refractivity contribution is 7.07. The van der Waals surface area contributed by atoms with Gasteiger partial charge in [0.25, 0.3) is 5.91 Å². The van der Waals surface area contributed by atoms with E-state index in [1.54, 1.807) is 11.3 Å². The molecule has 1 unspecified atom stereocenters. The van der Waals surface area contributed by atoms with E-state index in [0.29, 0.717) is 0 Å². The maximum atomic E-state index is 13.2. The molecule has 2 rings (SSSR count). The summed E-state index contributed by atoms with van der Waals surface area (Å²) in [6.45, 7) is 1.91. The molecular formula is C14H15FN2OS. The van der Waals surface area contributed by atoms with Crippen LogP contribution < -0.4 is 11.1 Å². The van der Waals surface area contributed by atoms with Gasteiger partial charge in [-0.1, -0.05) is 0 Å². The van der Waals surface area contributed by atoms with Gasteiger partial charge in [0.15, 0.2) is 0 Å². The van der Waals surface area contributed by atoms with Crippen LogP contribution in [0.4, 0.5) is 10.1 Å². The Labute approximate surface area is 115 Å². The number of amides is 1. The van der Waals surface area contributed by atoms with E-state index in [-0.39, 0.29) is 23.2 Å². The molecule has 1 heterocycles. The minimum absolute atomic E-state index is 0.0217. The van der Waals surface area contributed by atoms with E-state index >= 15 is 0 Å². The molecule has 0 aliphatic heterocycles. The summed E-state index contributed by atoms with van der Waals surface area (Å²) < 4.78 is 13.2. The summed E-state index contributed by atoms with van der Waals surface area (Å²) >= 11 is 1.62. The first-order valence-electron chi connectivity index (χ1n) is 5.92. The first-order chi connectivity index (χ1) is 9.04. The van der Waals surface area contributed by atoms with Gasteiger partial charge in [0.2, 0.25) is 0 Å². The Bertz CT molecular complexity index is 549. The monoisotopic (exact) mass is 278 g/mol. The summed E-state index contributed by atoms with van der Waals surface area (Å²) in [5, 5.41) is 6.87. The van der Waals surface area contributed by atoms with Crippen LogP contribution in [-0.4, -0.2) is 11.9 Å². The third kappa shape index (κ3) is 3.79. The second-order valence-corrected chi connectivity index (χ2v) is 5.26. The van der Waals surface area contributed by atoms with Crippen LogP contribution in [0.2, 0.25) is 0 Å². The van der Waals surface area contributed by atoms with Gasteiger partial charge in [-0.2, -0.15) is 11.3 Å². The van der Waals surface area contributed by atoms with Crippen molar-refractivity contribution in [1.29, 1.82) is 0 Å². The summed E-state index contributed by atoms with van der Waals surface area (Å²) in [5.74, 6) is -0.815. The number of benzene rings is 1. The second kappa shape index (κ2) is 5.84. The van der Waals surface area contributed by atoms with Crippen molar-refractivity contribution in [3.05, 3.63) is 52.0 Å². The van der Waals surface area contributed by atoms with Gasteiger partial charge in [-0.25, -0.2) is 4.39 Å². The molecule has 0 saturated heterocycles. The highest BCUT2D eigenvalue weighted by atomic mass is 32.1. The van der Waals surface area contributed by atoms with Crippen molar-refractivity contribution in [3.63, 3.8) is 0 Å². The summed E-state index contributed by atoms with van der Waals surface area (Å²) in [5.41, 5.74) is 7.19. The standard InChI is InChI=1S/C14H15FN2OS/c1-9(4-10-2-3-19-8-10)17-14(18)11-5-12(15)7-13(16)6-11/h2-3,5-9H,4,16H2,1H3,(H,17,18). The largest absolute Gasteiger partial charge is 0.399 e. The number of nitrogens with one attached hydrogen (secondary N) is 1. The van der Waals surface area contributed by atoms with Crippen LogP contribution >= 0.6 is 11.3 Å². The lowest BCUT2D eigenvalue weighted by molar-refractivity contribution is 0.0939. The number of nitrogens with two attached hydrogens (primary N) is 1. The fraction of sp³-hybridized carbons (Fsp3) is 0.214. The highest BCUT2D eigenvalue weighted by Gasteiger charge is 2.12. The number of carbonyl (C=O) groups is 1. The van der Waals surface area contributed by atoms with E-state index in [9.17, 15) is 9.18 Å². The molecule has 0 spiro atoms. The number of hydrogen-bond acceptors (Lipinski definition) is 3. The Morgan fingerprint density at radius 3 is 2.89 bits per heavy atom. The molecule has 0 bridgehead atoms. The lowest BCUT2D eigenvalue weighted by atomic mass is 10.1. The molecule has 0 aliphatic rings. The highest BCUT2D eigenvalue weighted by Crippen LogP contribution is 2.12. The second-order valence-electron chi connectivity index (χ2n) is 4.48. The third-order valence-corrected chi connectivity index (χ3v) is 3.41. The first kappa shape index (κ1) is 13.5. The molecule has 0 fully saturated rings. The van der Waals surface area contributed by atoms with Gasteiger partial charge in [-0.05, 0) is 53.9 Å². The lowest BCUT2D eigenvalue weighted by Gasteiger charge is -2.13. The smallest absolute Gasteiger partial charge is 0.251 e. The Balaban J connectivity index is 2.00. The molecule has 0 radical (unpaired) electrons. The molecule has 1 amide bonds. The molecule has 2 aromatic rings. The SMILES string of the molecule is CC(Cc1ccsc1)NC(=O)c1cc(N)cc(F)c1. The topological polar surface area (TPSA) is 55.1 Å². The fourth-order valence-electron chi connectivity index (χ4n) is 1.86. The van der Waals surface area contributed by atoms with Crippen LogP contribution in [0.1, 0.15) is 22.8 Å². The molecule has 1 aromatic carbocycles. The van der Waals surface area contributed by atoms with E-state index in [0.717, 1.165) is 6.42 Å². The zero-order valence-electron chi connectivity index (χ0n) is 10.5. The quantitative estimate of drug-likeness (QED) is 0.845. The third-order valence-electron chi connectivity index (χ3n) is 2.68. The van der Waals surface area contributed by atoms with Crippen molar-refractivity contribution >= 4 is 22.9 Å². The van der Waals surface area contributed by atoms with Crippen molar-refractivity contribution in [2.45, 2.75) is 19.4 Å². The molecule has 1 aromatic heterocycles. The average Bonchev–Trinajstić information content (AvgIpc) is 2.80. The summed E-state index contributed by atoms with van der Waals surface area (Å²) in [6, 6.07) is 5.84. The van der Waals surface area contributed by atoms with E-state index in [2.05, 4.69) is 5.32 Å². The molecule has 1 atom stereocenters. The normalized spacial score (nSPS) is 12.1. The fourth-order valence-corrected chi connectivity index (χ4v) is 2.55. The number of thiophene rings is 1. The summed E-state index contributed by atoms with van der Waals surface area (Å²) in [4.78, 5) is 12.0. The van der Waals surface area contributed by atoms with Crippen molar-refractivity contribution < 1.29 is 9.18 Å². The number of halogens is 1. The first-order valence-corrected chi connectivity index (χ1v) is 6.87. The molecule has 3 nitrogen and oxygen atoms in total. The summed E-state index contributed by atoms with van der Waals surface area (Å²) in [7, 11) is 0. The molecule has 3 N–H and O–H groups in total. The Morgan fingerprint density at radius 1 is 1.47 bits per heavy atom. The molecule has 19 heavy (non-hydrogen) atoms. The van der Waals surface area contributed by atoms with Crippen LogP contribution in [-0.2, 0) is 6.42 Å². The Morgan fingerprint density at radius 2 is 2.26 bits per heavy atom. The lowest BCUT2D eigenvalue weighted by Crippen LogP contribution is -2.34. The van der Waals surface area contributed by atoms with Crippen LogP contribution in [0.5, 0.6) is 0 Å². The molecule has 0 saturated carbocycles. The van der Waals surface area contributed by atoms with Crippen LogP contribution in [0, 0.1) is 5.82 Å². The number of hydrogen-bond donors (Lipinski definition) is 2. The minimum atomic E-state index is -0.504. The van der Waals surface area contributed by atoms with Crippen molar-refractivity contribution in [2.24, 2.45) is 0 Å². The minimum Gasteiger partial charge on any atom is -0.399 e. The van der Waals surface area contributed by atoms with Crippen LogP contribution in [0.25, 0.3) is 0 Å². The zero-order chi connectivity index (χ0) is 13.8. The van der Waals surface area contributed by atoms with Gasteiger partial charge in [-0.3, -0.25) is 4.79 Å². The summed E-state index contributed by atoms with van der Waals surface area (Å²) in [6.07, 6.45) is 0.750. The Hall–Kier alpha value is -1.88. The van der Waals surface area contributed by atoms with Crippen molar-refractivity contribution in [1.82, 2.24) is 5.32 Å². The number of anilines is 1. The average molecular weight is 278 g/mol. The van der Waals surface area contributed by atoms with E-state index < -0.39 is 5.82 Å². The van der Waals surface area contributed by atoms with Crippen molar-refractivity contribution in [2.75, 3.05) is 5.73 Å². The van der Waals surface area contributed by atoms with Crippen LogP contribution in [0.3, 0.4) is 0 Å². The number of rotatable bonds is 4. The molecule has 5 heteroatoms. The maximum Gasteiger partial charge on any atom is 0.251 e. The van der Waals surface area contributed by atoms with E-state index in [4.69, 9.17) is 5.73 Å². The zero-order valence-corrected chi connectivity index (χ0v) is 11.3. The number of carbonyl (C=O) groups excluding carboxylic acids is 1. The maximum absolute atomic E-state index is 13.2. The van der Waals surface area contributed by atoms with Gasteiger partial charge in [-0.15, -0.1) is 0 Å². The Kier molecular flexibility index (Phi) is 4.16. The molecule has 100 valence electrons. The predicted molar refractivity (Wildman–Crippen MR) is 75.8 cm³/mol. The van der Waals surface area contributed by atoms with Gasteiger partial charge < -0.3 is 11.1 Å². The van der Waals surface area contributed by atoms with Crippen LogP contribution in [0.15, 0.2) is 35.0 Å². The van der Waals surface area contributed by atoms with E-state index in [1.807, 2.05) is 23.8 Å². The van der Waals surface area contributed by atoms with Gasteiger partial charge >= 0.3 is 0 Å². The molecular weight excluding hydrogens is 263 g/mol. The van der Waals surface area contributed by atoms with E-state index in [1.165, 1.54) is 23.8 Å². The number of nitrogen functional groups attached to an aromatic ring is 1. The van der Waals surface area contributed by atoms with Crippen molar-refractivity contribution in [3.8, 4) is 0 Å².